The van der Waals surface area contributed by atoms with E-state index in [2.05, 4.69) is 22.0 Å². The van der Waals surface area contributed by atoms with Gasteiger partial charge in [0.25, 0.3) is 5.91 Å². The lowest BCUT2D eigenvalue weighted by atomic mass is 9.71. The third-order valence-electron chi connectivity index (χ3n) is 8.68. The second kappa shape index (κ2) is 10.6. The Kier molecular flexibility index (Phi) is 7.59. The van der Waals surface area contributed by atoms with Gasteiger partial charge in [-0.15, -0.1) is 0 Å². The monoisotopic (exact) mass is 572 g/mol. The summed E-state index contributed by atoms with van der Waals surface area (Å²) in [5.41, 5.74) is 0.305. The van der Waals surface area contributed by atoms with Crippen molar-refractivity contribution < 1.29 is 27.5 Å². The van der Waals surface area contributed by atoms with E-state index in [9.17, 15) is 22.8 Å². The zero-order valence-electron chi connectivity index (χ0n) is 24.4. The van der Waals surface area contributed by atoms with Crippen LogP contribution >= 0.6 is 0 Å². The van der Waals surface area contributed by atoms with Crippen molar-refractivity contribution >= 4 is 12.0 Å². The molecule has 2 atom stereocenters. The van der Waals surface area contributed by atoms with E-state index in [4.69, 9.17) is 4.74 Å². The summed E-state index contributed by atoms with van der Waals surface area (Å²) in [6.45, 7) is 13.7. The quantitative estimate of drug-likeness (QED) is 0.487. The molecule has 3 aliphatic heterocycles. The molecule has 222 valence electrons. The molecule has 0 aliphatic carbocycles. The van der Waals surface area contributed by atoms with Crippen LogP contribution < -0.4 is 0 Å². The van der Waals surface area contributed by atoms with E-state index in [-0.39, 0.29) is 28.7 Å². The summed E-state index contributed by atoms with van der Waals surface area (Å²) in [6, 6.07) is 11.3. The van der Waals surface area contributed by atoms with Crippen LogP contribution in [0.2, 0.25) is 0 Å². The number of carbonyl (C=O) groups is 2. The van der Waals surface area contributed by atoms with Crippen molar-refractivity contribution in [1.29, 1.82) is 0 Å². The zero-order valence-corrected chi connectivity index (χ0v) is 24.4. The lowest BCUT2D eigenvalue weighted by Gasteiger charge is -2.51. The van der Waals surface area contributed by atoms with Gasteiger partial charge in [0.2, 0.25) is 0 Å². The Morgan fingerprint density at radius 3 is 2.12 bits per heavy atom. The van der Waals surface area contributed by atoms with Crippen molar-refractivity contribution in [1.82, 2.24) is 19.7 Å². The van der Waals surface area contributed by atoms with Crippen molar-refractivity contribution in [3.63, 3.8) is 0 Å². The molecule has 0 radical (unpaired) electrons. The summed E-state index contributed by atoms with van der Waals surface area (Å²) in [5.74, 6) is 0.422. The third kappa shape index (κ3) is 6.08. The summed E-state index contributed by atoms with van der Waals surface area (Å²) in [6.07, 6.45) is -3.91. The Morgan fingerprint density at radius 2 is 1.59 bits per heavy atom. The number of benzene rings is 1. The normalized spacial score (nSPS) is 22.4. The molecule has 41 heavy (non-hydrogen) atoms. The Bertz CT molecular complexity index is 1260. The van der Waals surface area contributed by atoms with Crippen molar-refractivity contribution in [3.8, 4) is 0 Å². The third-order valence-corrected chi connectivity index (χ3v) is 8.68. The number of alkyl halides is 3. The van der Waals surface area contributed by atoms with E-state index >= 15 is 0 Å². The standard InChI is InChI=1S/C31H39F3N4O3/c1-20-13-25(31(32,33)34)35-21(2)26(20)27(39)37-16-22-14-36(15-23(22)17-37)12-11-30(24-9-7-6-8-10-24)18-38(19-30)28(40)41-29(3,4)5/h6-10,13,22-23H,11-12,14-19H2,1-5H3. The number of fused-ring (bicyclic) bond motifs is 1. The summed E-state index contributed by atoms with van der Waals surface area (Å²) < 4.78 is 45.1. The fourth-order valence-electron chi connectivity index (χ4n) is 6.69. The maximum atomic E-state index is 13.3. The minimum atomic E-state index is -4.54. The van der Waals surface area contributed by atoms with Gasteiger partial charge in [0, 0.05) is 44.7 Å². The highest BCUT2D eigenvalue weighted by Gasteiger charge is 2.49. The molecule has 3 fully saturated rings. The first-order chi connectivity index (χ1) is 19.1. The summed E-state index contributed by atoms with van der Waals surface area (Å²) in [4.78, 5) is 35.7. The van der Waals surface area contributed by atoms with Crippen LogP contribution in [0.3, 0.4) is 0 Å². The Morgan fingerprint density at radius 1 is 0.976 bits per heavy atom. The van der Waals surface area contributed by atoms with E-state index in [0.717, 1.165) is 32.1 Å². The van der Waals surface area contributed by atoms with E-state index < -0.39 is 17.5 Å². The van der Waals surface area contributed by atoms with E-state index in [1.54, 1.807) is 16.7 Å². The maximum absolute atomic E-state index is 13.3. The minimum Gasteiger partial charge on any atom is -0.444 e. The highest BCUT2D eigenvalue weighted by molar-refractivity contribution is 5.97. The average molecular weight is 573 g/mol. The van der Waals surface area contributed by atoms with Gasteiger partial charge in [-0.25, -0.2) is 9.78 Å². The van der Waals surface area contributed by atoms with Crippen molar-refractivity contribution in [3.05, 3.63) is 64.5 Å². The number of rotatable bonds is 5. The molecule has 2 unspecified atom stereocenters. The first-order valence-corrected chi connectivity index (χ1v) is 14.3. The van der Waals surface area contributed by atoms with Crippen LogP contribution in [0.5, 0.6) is 0 Å². The molecule has 0 spiro atoms. The zero-order chi connectivity index (χ0) is 29.7. The molecule has 7 nitrogen and oxygen atoms in total. The van der Waals surface area contributed by atoms with Crippen LogP contribution in [0.15, 0.2) is 36.4 Å². The Balaban J connectivity index is 1.19. The molecule has 3 aliphatic rings. The SMILES string of the molecule is Cc1cc(C(F)(F)F)nc(C)c1C(=O)N1CC2CN(CCC3(c4ccccc4)CN(C(=O)OC(C)(C)C)C3)CC2C1. The molecule has 0 saturated carbocycles. The first kappa shape index (κ1) is 29.4. The van der Waals surface area contributed by atoms with Crippen molar-refractivity contribution in [2.75, 3.05) is 45.8 Å². The fraction of sp³-hybridized carbons (Fsp3) is 0.581. The van der Waals surface area contributed by atoms with Crippen LogP contribution in [-0.2, 0) is 16.3 Å². The van der Waals surface area contributed by atoms with E-state index in [1.165, 1.54) is 12.5 Å². The van der Waals surface area contributed by atoms with Crippen LogP contribution in [0.25, 0.3) is 0 Å². The second-order valence-corrected chi connectivity index (χ2v) is 13.0. The lowest BCUT2D eigenvalue weighted by Crippen LogP contribution is -2.62. The average Bonchev–Trinajstić information content (AvgIpc) is 3.41. The predicted octanol–water partition coefficient (Wildman–Crippen LogP) is 5.30. The number of hydrogen-bond donors (Lipinski definition) is 0. The number of halogens is 3. The van der Waals surface area contributed by atoms with Crippen LogP contribution in [0.1, 0.15) is 60.1 Å². The number of carbonyl (C=O) groups excluding carboxylic acids is 2. The van der Waals surface area contributed by atoms with Gasteiger partial charge in [-0.1, -0.05) is 30.3 Å². The minimum absolute atomic E-state index is 0.119. The maximum Gasteiger partial charge on any atom is 0.433 e. The van der Waals surface area contributed by atoms with Gasteiger partial charge in [0.05, 0.1) is 11.3 Å². The first-order valence-electron chi connectivity index (χ1n) is 14.3. The highest BCUT2D eigenvalue weighted by atomic mass is 19.4. The number of nitrogens with zero attached hydrogens (tertiary/aromatic N) is 4. The highest BCUT2D eigenvalue weighted by Crippen LogP contribution is 2.40. The van der Waals surface area contributed by atoms with Gasteiger partial charge >= 0.3 is 12.3 Å². The molecule has 1 aromatic carbocycles. The molecule has 4 heterocycles. The van der Waals surface area contributed by atoms with Gasteiger partial charge < -0.3 is 19.4 Å². The molecule has 5 rings (SSSR count). The topological polar surface area (TPSA) is 66.0 Å². The Labute approximate surface area is 239 Å². The molecule has 1 aromatic heterocycles. The second-order valence-electron chi connectivity index (χ2n) is 13.0. The number of hydrogen-bond acceptors (Lipinski definition) is 5. The van der Waals surface area contributed by atoms with E-state index in [0.29, 0.717) is 43.6 Å². The Hall–Kier alpha value is -3.14. The van der Waals surface area contributed by atoms with Gasteiger partial charge in [0.1, 0.15) is 11.3 Å². The number of pyridine rings is 1. The van der Waals surface area contributed by atoms with Crippen LogP contribution in [-0.4, -0.2) is 83.1 Å². The largest absolute Gasteiger partial charge is 0.444 e. The number of aromatic nitrogens is 1. The summed E-state index contributed by atoms with van der Waals surface area (Å²) >= 11 is 0. The molecular formula is C31H39F3N4O3. The fourth-order valence-corrected chi connectivity index (χ4v) is 6.69. The summed E-state index contributed by atoms with van der Waals surface area (Å²) in [5, 5.41) is 0. The van der Waals surface area contributed by atoms with Gasteiger partial charge in [-0.3, -0.25) is 4.79 Å². The molecule has 3 saturated heterocycles. The number of amides is 2. The van der Waals surface area contributed by atoms with Crippen molar-refractivity contribution in [2.45, 2.75) is 58.2 Å². The molecule has 2 aromatic rings. The number of aryl methyl sites for hydroxylation is 2. The molecule has 2 amide bonds. The lowest BCUT2D eigenvalue weighted by molar-refractivity contribution is -0.141. The number of ether oxygens (including phenoxy) is 1. The smallest absolute Gasteiger partial charge is 0.433 e. The molecule has 0 bridgehead atoms. The molecule has 10 heteroatoms. The van der Waals surface area contributed by atoms with Gasteiger partial charge in [-0.05, 0) is 76.6 Å². The van der Waals surface area contributed by atoms with E-state index in [1.807, 2.05) is 39.0 Å². The number of likely N-dealkylation sites (tertiary alicyclic amines) is 3. The molecule has 0 N–H and O–H groups in total. The van der Waals surface area contributed by atoms with Gasteiger partial charge in [0.15, 0.2) is 0 Å². The summed E-state index contributed by atoms with van der Waals surface area (Å²) in [7, 11) is 0. The molecular weight excluding hydrogens is 533 g/mol. The van der Waals surface area contributed by atoms with Crippen molar-refractivity contribution in [2.24, 2.45) is 11.8 Å². The predicted molar refractivity (Wildman–Crippen MR) is 149 cm³/mol. The van der Waals surface area contributed by atoms with Crippen LogP contribution in [0.4, 0.5) is 18.0 Å². The van der Waals surface area contributed by atoms with Crippen LogP contribution in [0, 0.1) is 25.7 Å². The van der Waals surface area contributed by atoms with Gasteiger partial charge in [-0.2, -0.15) is 13.2 Å².